The van der Waals surface area contributed by atoms with Crippen LogP contribution in [-0.4, -0.2) is 70.6 Å². The Kier molecular flexibility index (Phi) is 8.08. The predicted molar refractivity (Wildman–Crippen MR) is 136 cm³/mol. The Morgan fingerprint density at radius 3 is 2.35 bits per heavy atom. The molecule has 0 unspecified atom stereocenters. The Morgan fingerprint density at radius 1 is 1.06 bits per heavy atom. The van der Waals surface area contributed by atoms with E-state index in [1.807, 2.05) is 0 Å². The van der Waals surface area contributed by atoms with E-state index in [1.54, 1.807) is 14.2 Å². The summed E-state index contributed by atoms with van der Waals surface area (Å²) in [7, 11) is 1.47. The van der Waals surface area contributed by atoms with Crippen LogP contribution in [0.5, 0.6) is 0 Å². The first-order valence-electron chi connectivity index (χ1n) is 12.9. The molecule has 0 bridgehead atoms. The zero-order valence-corrected chi connectivity index (χ0v) is 23.8. The van der Waals surface area contributed by atoms with Crippen molar-refractivity contribution in [3.8, 4) is 12.3 Å². The largest absolute Gasteiger partial charge is 0.413 e. The third-order valence-corrected chi connectivity index (χ3v) is 14.4. The molecule has 6 atom stereocenters. The Hall–Kier alpha value is -0.463. The van der Waals surface area contributed by atoms with E-state index in [4.69, 9.17) is 29.8 Å². The molecule has 0 aromatic rings. The SMILES string of the molecule is C#C[C@@]1(O)CC[C@]2(OCOCCOC)[C@@H]3CC[C@H](O[Si](C)(C)C(C)(C)C)[C@@]3(C)CC[C@]2(OC)C1. The zero-order chi connectivity index (χ0) is 25.5. The summed E-state index contributed by atoms with van der Waals surface area (Å²) in [5, 5.41) is 11.3. The molecule has 0 amide bonds. The molecule has 3 fully saturated rings. The molecular weight excluding hydrogens is 448 g/mol. The van der Waals surface area contributed by atoms with Crippen LogP contribution in [0.1, 0.15) is 72.6 Å². The summed E-state index contributed by atoms with van der Waals surface area (Å²) in [4.78, 5) is 0. The molecule has 7 heteroatoms. The van der Waals surface area contributed by atoms with Crippen molar-refractivity contribution in [2.75, 3.05) is 34.2 Å². The van der Waals surface area contributed by atoms with Gasteiger partial charge in [0.05, 0.1) is 19.3 Å². The van der Waals surface area contributed by atoms with Gasteiger partial charge in [0.2, 0.25) is 0 Å². The topological polar surface area (TPSA) is 66.4 Å². The molecule has 0 saturated heterocycles. The maximum Gasteiger partial charge on any atom is 0.192 e. The van der Waals surface area contributed by atoms with Crippen molar-refractivity contribution >= 4 is 8.32 Å². The molecule has 6 nitrogen and oxygen atoms in total. The normalized spacial score (nSPS) is 40.5. The highest BCUT2D eigenvalue weighted by Crippen LogP contribution is 2.66. The monoisotopic (exact) mass is 496 g/mol. The van der Waals surface area contributed by atoms with Crippen LogP contribution in [0.3, 0.4) is 0 Å². The molecule has 0 heterocycles. The summed E-state index contributed by atoms with van der Waals surface area (Å²) in [6.45, 7) is 15.1. The molecular formula is C27H48O6Si. The minimum absolute atomic E-state index is 0.0321. The summed E-state index contributed by atoms with van der Waals surface area (Å²) in [5.41, 5.74) is -2.46. The van der Waals surface area contributed by atoms with Gasteiger partial charge in [0.25, 0.3) is 0 Å². The number of hydrogen-bond donors (Lipinski definition) is 1. The second kappa shape index (κ2) is 9.78. The number of aliphatic hydroxyl groups is 1. The summed E-state index contributed by atoms with van der Waals surface area (Å²) in [6, 6.07) is 0. The summed E-state index contributed by atoms with van der Waals surface area (Å²) < 4.78 is 31.0. The van der Waals surface area contributed by atoms with Crippen molar-refractivity contribution in [2.24, 2.45) is 11.3 Å². The lowest BCUT2D eigenvalue weighted by atomic mass is 9.49. The first-order valence-corrected chi connectivity index (χ1v) is 15.8. The van der Waals surface area contributed by atoms with Crippen LogP contribution in [0.2, 0.25) is 18.1 Å². The van der Waals surface area contributed by atoms with Gasteiger partial charge in [-0.1, -0.05) is 33.6 Å². The van der Waals surface area contributed by atoms with Crippen molar-refractivity contribution in [2.45, 2.75) is 114 Å². The minimum Gasteiger partial charge on any atom is -0.413 e. The number of ether oxygens (including phenoxy) is 4. The Bertz CT molecular complexity index is 759. The zero-order valence-electron chi connectivity index (χ0n) is 22.8. The highest BCUT2D eigenvalue weighted by atomic mass is 28.4. The number of rotatable bonds is 9. The van der Waals surface area contributed by atoms with Gasteiger partial charge in [0, 0.05) is 20.6 Å². The van der Waals surface area contributed by atoms with Gasteiger partial charge in [-0.2, -0.15) is 0 Å². The minimum atomic E-state index is -1.93. The van der Waals surface area contributed by atoms with Crippen LogP contribution in [0.25, 0.3) is 0 Å². The number of terminal acetylenes is 1. The smallest absolute Gasteiger partial charge is 0.192 e. The highest BCUT2D eigenvalue weighted by Gasteiger charge is 2.71. The molecule has 1 N–H and O–H groups in total. The van der Waals surface area contributed by atoms with E-state index >= 15 is 0 Å². The van der Waals surface area contributed by atoms with Crippen molar-refractivity contribution in [3.05, 3.63) is 0 Å². The maximum absolute atomic E-state index is 11.1. The predicted octanol–water partition coefficient (Wildman–Crippen LogP) is 4.90. The van der Waals surface area contributed by atoms with Gasteiger partial charge >= 0.3 is 0 Å². The first kappa shape index (κ1) is 28.1. The molecule has 34 heavy (non-hydrogen) atoms. The van der Waals surface area contributed by atoms with Crippen molar-refractivity contribution in [1.82, 2.24) is 0 Å². The Labute approximate surface area is 208 Å². The maximum atomic E-state index is 11.1. The molecule has 0 radical (unpaired) electrons. The fourth-order valence-corrected chi connectivity index (χ4v) is 8.20. The van der Waals surface area contributed by atoms with E-state index in [0.29, 0.717) is 32.5 Å². The molecule has 0 aromatic carbocycles. The van der Waals surface area contributed by atoms with E-state index in [1.165, 1.54) is 0 Å². The second-order valence-corrected chi connectivity index (χ2v) is 17.4. The molecule has 196 valence electrons. The Balaban J connectivity index is 1.95. The molecule has 0 aromatic heterocycles. The fraction of sp³-hybridized carbons (Fsp3) is 0.926. The van der Waals surface area contributed by atoms with Gasteiger partial charge in [-0.25, -0.2) is 0 Å². The second-order valence-electron chi connectivity index (χ2n) is 12.6. The molecule has 3 aliphatic carbocycles. The third kappa shape index (κ3) is 4.65. The van der Waals surface area contributed by atoms with Crippen molar-refractivity contribution < 1.29 is 28.5 Å². The standard InChI is InChI=1S/C27H48O6Si/c1-10-25(28)14-16-27(32-20-31-18-17-29-6)21-11-12-22(33-34(8,9)23(2,3)4)24(21,5)13-15-26(27,19-25)30-7/h1,21-22,28H,11-20H2,2-9H3/t21-,22+,24+,25-,26+,27+/m1/s1. The molecule has 3 saturated carbocycles. The molecule has 3 aliphatic rings. The van der Waals surface area contributed by atoms with Crippen molar-refractivity contribution in [1.29, 1.82) is 0 Å². The van der Waals surface area contributed by atoms with Crippen LogP contribution in [0.4, 0.5) is 0 Å². The summed E-state index contributed by atoms with van der Waals surface area (Å²) in [5.74, 6) is 2.89. The fourth-order valence-electron chi connectivity index (χ4n) is 6.75. The van der Waals surface area contributed by atoms with Gasteiger partial charge < -0.3 is 28.5 Å². The van der Waals surface area contributed by atoms with E-state index in [-0.39, 0.29) is 29.3 Å². The lowest BCUT2D eigenvalue weighted by Crippen LogP contribution is -2.72. The van der Waals surface area contributed by atoms with Gasteiger partial charge in [-0.05, 0) is 68.0 Å². The number of methoxy groups -OCH3 is 2. The van der Waals surface area contributed by atoms with Crippen LogP contribution >= 0.6 is 0 Å². The average Bonchev–Trinajstić information content (AvgIpc) is 3.09. The molecule has 0 aliphatic heterocycles. The van der Waals surface area contributed by atoms with E-state index in [9.17, 15) is 5.11 Å². The number of hydrogen-bond acceptors (Lipinski definition) is 6. The quantitative estimate of drug-likeness (QED) is 0.212. The van der Waals surface area contributed by atoms with E-state index in [2.05, 4.69) is 46.7 Å². The van der Waals surface area contributed by atoms with E-state index in [0.717, 1.165) is 25.7 Å². The van der Waals surface area contributed by atoms with Crippen LogP contribution in [0, 0.1) is 23.7 Å². The average molecular weight is 497 g/mol. The van der Waals surface area contributed by atoms with Crippen LogP contribution < -0.4 is 0 Å². The first-order chi connectivity index (χ1) is 15.7. The highest BCUT2D eigenvalue weighted by molar-refractivity contribution is 6.74. The van der Waals surface area contributed by atoms with Crippen LogP contribution in [-0.2, 0) is 23.4 Å². The van der Waals surface area contributed by atoms with E-state index < -0.39 is 25.1 Å². The number of fused-ring (bicyclic) bond motifs is 3. The van der Waals surface area contributed by atoms with Gasteiger partial charge in [0.15, 0.2) is 8.32 Å². The van der Waals surface area contributed by atoms with Gasteiger partial charge in [0.1, 0.15) is 23.6 Å². The lowest BCUT2D eigenvalue weighted by molar-refractivity contribution is -0.317. The molecule has 3 rings (SSSR count). The summed E-state index contributed by atoms with van der Waals surface area (Å²) >= 11 is 0. The van der Waals surface area contributed by atoms with Crippen LogP contribution in [0.15, 0.2) is 0 Å². The van der Waals surface area contributed by atoms with Gasteiger partial charge in [-0.15, -0.1) is 6.42 Å². The third-order valence-electron chi connectivity index (χ3n) is 9.87. The van der Waals surface area contributed by atoms with Gasteiger partial charge in [-0.3, -0.25) is 0 Å². The molecule has 0 spiro atoms. The summed E-state index contributed by atoms with van der Waals surface area (Å²) in [6.07, 6.45) is 11.2. The lowest BCUT2D eigenvalue weighted by Gasteiger charge is -2.64. The van der Waals surface area contributed by atoms with Crippen molar-refractivity contribution in [3.63, 3.8) is 0 Å². The Morgan fingerprint density at radius 2 is 1.76 bits per heavy atom.